The van der Waals surface area contributed by atoms with Crippen molar-refractivity contribution in [3.8, 4) is 0 Å². The highest BCUT2D eigenvalue weighted by atomic mass is 15.3. The number of hydrogen-bond acceptors (Lipinski definition) is 4. The molecule has 1 aromatic heterocycles. The van der Waals surface area contributed by atoms with Crippen LogP contribution in [0.2, 0.25) is 0 Å². The molecular weight excluding hydrogens is 200 g/mol. The maximum atomic E-state index is 4.23. The predicted octanol–water partition coefficient (Wildman–Crippen LogP) is 1.20. The molecule has 0 bridgehead atoms. The molecule has 2 fully saturated rings. The van der Waals surface area contributed by atoms with Gasteiger partial charge in [0.15, 0.2) is 5.82 Å². The van der Waals surface area contributed by atoms with Crippen molar-refractivity contribution in [3.63, 3.8) is 0 Å². The van der Waals surface area contributed by atoms with Crippen molar-refractivity contribution in [1.29, 1.82) is 0 Å². The lowest BCUT2D eigenvalue weighted by Gasteiger charge is -2.26. The summed E-state index contributed by atoms with van der Waals surface area (Å²) in [5.41, 5.74) is 0. The Balaban J connectivity index is 1.71. The Kier molecular flexibility index (Phi) is 2.74. The number of hydrogen-bond donors (Lipinski definition) is 1. The van der Waals surface area contributed by atoms with Gasteiger partial charge in [-0.2, -0.15) is 5.10 Å². The van der Waals surface area contributed by atoms with Crippen LogP contribution in [-0.4, -0.2) is 35.4 Å². The summed E-state index contributed by atoms with van der Waals surface area (Å²) in [6.45, 7) is 2.26. The monoisotopic (exact) mass is 218 g/mol. The van der Waals surface area contributed by atoms with Gasteiger partial charge in [-0.05, 0) is 44.4 Å². The van der Waals surface area contributed by atoms with E-state index in [0.717, 1.165) is 12.4 Å². The highest BCUT2D eigenvalue weighted by molar-refractivity contribution is 5.40. The van der Waals surface area contributed by atoms with Gasteiger partial charge in [0.05, 0.1) is 0 Å². The van der Waals surface area contributed by atoms with Gasteiger partial charge in [-0.25, -0.2) is 0 Å². The average Bonchev–Trinajstić information content (AvgIpc) is 3.05. The smallest absolute Gasteiger partial charge is 0.151 e. The standard InChI is InChI=1S/C12H18N4/c1-3-10(13-7-1)9-16(11-5-6-11)12-4-2-8-14-15-12/h2,4,8,10-11,13H,1,3,5-7,9H2. The molecule has 1 N–H and O–H groups in total. The molecule has 3 rings (SSSR count). The van der Waals surface area contributed by atoms with Crippen LogP contribution in [0.15, 0.2) is 18.3 Å². The molecule has 1 aromatic rings. The van der Waals surface area contributed by atoms with Gasteiger partial charge in [0.25, 0.3) is 0 Å². The molecule has 1 unspecified atom stereocenters. The number of nitrogens with zero attached hydrogens (tertiary/aromatic N) is 3. The molecule has 1 saturated heterocycles. The maximum Gasteiger partial charge on any atom is 0.151 e. The molecular formula is C12H18N4. The SMILES string of the molecule is c1cnnc(N(CC2CCCN2)C2CC2)c1. The van der Waals surface area contributed by atoms with Gasteiger partial charge in [-0.1, -0.05) is 0 Å². The molecule has 0 radical (unpaired) electrons. The zero-order valence-electron chi connectivity index (χ0n) is 9.47. The fourth-order valence-electron chi connectivity index (χ4n) is 2.41. The van der Waals surface area contributed by atoms with E-state index in [0.29, 0.717) is 12.1 Å². The molecule has 16 heavy (non-hydrogen) atoms. The maximum absolute atomic E-state index is 4.23. The largest absolute Gasteiger partial charge is 0.351 e. The minimum Gasteiger partial charge on any atom is -0.351 e. The quantitative estimate of drug-likeness (QED) is 0.824. The minimum atomic E-state index is 0.641. The van der Waals surface area contributed by atoms with E-state index in [1.165, 1.54) is 32.2 Å². The summed E-state index contributed by atoms with van der Waals surface area (Å²) >= 11 is 0. The van der Waals surface area contributed by atoms with E-state index in [1.54, 1.807) is 6.20 Å². The van der Waals surface area contributed by atoms with Crippen molar-refractivity contribution in [2.24, 2.45) is 0 Å². The predicted molar refractivity (Wildman–Crippen MR) is 63.4 cm³/mol. The summed E-state index contributed by atoms with van der Waals surface area (Å²) in [6, 6.07) is 5.39. The van der Waals surface area contributed by atoms with E-state index >= 15 is 0 Å². The Hall–Kier alpha value is -1.16. The Morgan fingerprint density at radius 2 is 2.31 bits per heavy atom. The van der Waals surface area contributed by atoms with Gasteiger partial charge in [0.1, 0.15) is 0 Å². The van der Waals surface area contributed by atoms with E-state index in [9.17, 15) is 0 Å². The summed E-state index contributed by atoms with van der Waals surface area (Å²) in [5.74, 6) is 1.04. The molecule has 4 nitrogen and oxygen atoms in total. The summed E-state index contributed by atoms with van der Waals surface area (Å²) < 4.78 is 0. The number of aromatic nitrogens is 2. The van der Waals surface area contributed by atoms with Crippen LogP contribution in [0.25, 0.3) is 0 Å². The zero-order valence-corrected chi connectivity index (χ0v) is 9.47. The van der Waals surface area contributed by atoms with E-state index < -0.39 is 0 Å². The molecule has 86 valence electrons. The summed E-state index contributed by atoms with van der Waals surface area (Å²) in [4.78, 5) is 2.43. The van der Waals surface area contributed by atoms with Gasteiger partial charge in [0, 0.05) is 24.8 Å². The van der Waals surface area contributed by atoms with Gasteiger partial charge < -0.3 is 10.2 Å². The second-order valence-electron chi connectivity index (χ2n) is 4.76. The molecule has 0 aromatic carbocycles. The fraction of sp³-hybridized carbons (Fsp3) is 0.667. The Morgan fingerprint density at radius 3 is 2.94 bits per heavy atom. The second-order valence-corrected chi connectivity index (χ2v) is 4.76. The van der Waals surface area contributed by atoms with Crippen molar-refractivity contribution >= 4 is 5.82 Å². The average molecular weight is 218 g/mol. The fourth-order valence-corrected chi connectivity index (χ4v) is 2.41. The molecule has 0 amide bonds. The van der Waals surface area contributed by atoms with E-state index in [-0.39, 0.29) is 0 Å². The van der Waals surface area contributed by atoms with E-state index in [2.05, 4.69) is 26.5 Å². The van der Waals surface area contributed by atoms with Gasteiger partial charge >= 0.3 is 0 Å². The van der Waals surface area contributed by atoms with Crippen LogP contribution in [-0.2, 0) is 0 Å². The van der Waals surface area contributed by atoms with Crippen molar-refractivity contribution in [1.82, 2.24) is 15.5 Å². The summed E-state index contributed by atoms with van der Waals surface area (Å²) in [6.07, 6.45) is 6.96. The molecule has 2 heterocycles. The Morgan fingerprint density at radius 1 is 1.38 bits per heavy atom. The third-order valence-corrected chi connectivity index (χ3v) is 3.42. The molecule has 1 atom stereocenters. The number of nitrogens with one attached hydrogen (secondary N) is 1. The van der Waals surface area contributed by atoms with Crippen LogP contribution in [0.4, 0.5) is 5.82 Å². The van der Waals surface area contributed by atoms with Crippen LogP contribution in [0, 0.1) is 0 Å². The van der Waals surface area contributed by atoms with Crippen molar-refractivity contribution in [3.05, 3.63) is 18.3 Å². The summed E-state index contributed by atoms with van der Waals surface area (Å²) in [5, 5.41) is 11.8. The number of anilines is 1. The van der Waals surface area contributed by atoms with E-state index in [1.807, 2.05) is 6.07 Å². The lowest BCUT2D eigenvalue weighted by atomic mass is 10.2. The second kappa shape index (κ2) is 4.37. The molecule has 1 aliphatic heterocycles. The lowest BCUT2D eigenvalue weighted by molar-refractivity contribution is 0.574. The normalized spacial score (nSPS) is 24.6. The highest BCUT2D eigenvalue weighted by Gasteiger charge is 2.32. The third kappa shape index (κ3) is 2.16. The molecule has 2 aliphatic rings. The minimum absolute atomic E-state index is 0.641. The first-order chi connectivity index (χ1) is 7.93. The number of rotatable bonds is 4. The van der Waals surface area contributed by atoms with Gasteiger partial charge in [-0.3, -0.25) is 0 Å². The van der Waals surface area contributed by atoms with E-state index in [4.69, 9.17) is 0 Å². The summed E-state index contributed by atoms with van der Waals surface area (Å²) in [7, 11) is 0. The highest BCUT2D eigenvalue weighted by Crippen LogP contribution is 2.30. The van der Waals surface area contributed by atoms with Crippen LogP contribution < -0.4 is 10.2 Å². The van der Waals surface area contributed by atoms with Crippen molar-refractivity contribution < 1.29 is 0 Å². The van der Waals surface area contributed by atoms with Crippen molar-refractivity contribution in [2.75, 3.05) is 18.0 Å². The Bertz CT molecular complexity index is 330. The molecule has 1 aliphatic carbocycles. The van der Waals surface area contributed by atoms with Crippen LogP contribution in [0.3, 0.4) is 0 Å². The van der Waals surface area contributed by atoms with Crippen molar-refractivity contribution in [2.45, 2.75) is 37.8 Å². The van der Waals surface area contributed by atoms with Gasteiger partial charge in [-0.15, -0.1) is 5.10 Å². The topological polar surface area (TPSA) is 41.1 Å². The Labute approximate surface area is 96.1 Å². The molecule has 1 saturated carbocycles. The van der Waals surface area contributed by atoms with Crippen LogP contribution in [0.1, 0.15) is 25.7 Å². The zero-order chi connectivity index (χ0) is 10.8. The molecule has 4 heteroatoms. The first-order valence-corrected chi connectivity index (χ1v) is 6.21. The van der Waals surface area contributed by atoms with Gasteiger partial charge in [0.2, 0.25) is 0 Å². The molecule has 0 spiro atoms. The third-order valence-electron chi connectivity index (χ3n) is 3.42. The lowest BCUT2D eigenvalue weighted by Crippen LogP contribution is -2.39. The first kappa shape index (κ1) is 10.0. The first-order valence-electron chi connectivity index (χ1n) is 6.21. The van der Waals surface area contributed by atoms with Crippen LogP contribution >= 0.6 is 0 Å². The van der Waals surface area contributed by atoms with Crippen LogP contribution in [0.5, 0.6) is 0 Å².